The standard InChI is InChI=1S/C21H22FN3O4S/c22-18-8-7-15(14-19(18)30(28,29)25-11-4-12-25)20(26)23-17-6-3-5-16(13-17)21(27)24-9-1-2-10-24/h3,5-8,13-14H,1-2,4,9-12H2,(H,23,26). The molecule has 0 bridgehead atoms. The Morgan fingerprint density at radius 2 is 1.63 bits per heavy atom. The maximum atomic E-state index is 14.2. The van der Waals surface area contributed by atoms with E-state index in [-0.39, 0.29) is 11.5 Å². The maximum Gasteiger partial charge on any atom is 0.255 e. The first-order valence-electron chi connectivity index (χ1n) is 9.87. The highest BCUT2D eigenvalue weighted by molar-refractivity contribution is 7.89. The summed E-state index contributed by atoms with van der Waals surface area (Å²) < 4.78 is 40.4. The number of amides is 2. The van der Waals surface area contributed by atoms with Gasteiger partial charge < -0.3 is 10.2 Å². The van der Waals surface area contributed by atoms with Crippen molar-refractivity contribution in [1.29, 1.82) is 0 Å². The molecule has 2 aromatic carbocycles. The van der Waals surface area contributed by atoms with Gasteiger partial charge in [-0.3, -0.25) is 9.59 Å². The average molecular weight is 431 g/mol. The van der Waals surface area contributed by atoms with Crippen LogP contribution in [-0.4, -0.2) is 55.6 Å². The summed E-state index contributed by atoms with van der Waals surface area (Å²) in [6.07, 6.45) is 2.69. The summed E-state index contributed by atoms with van der Waals surface area (Å²) >= 11 is 0. The van der Waals surface area contributed by atoms with Crippen molar-refractivity contribution in [2.45, 2.75) is 24.2 Å². The second-order valence-electron chi connectivity index (χ2n) is 7.44. The Labute approximate surface area is 174 Å². The minimum Gasteiger partial charge on any atom is -0.339 e. The molecule has 2 heterocycles. The second-order valence-corrected chi connectivity index (χ2v) is 9.34. The molecule has 2 aliphatic heterocycles. The zero-order valence-electron chi connectivity index (χ0n) is 16.3. The van der Waals surface area contributed by atoms with Gasteiger partial charge in [-0.05, 0) is 55.7 Å². The first-order valence-corrected chi connectivity index (χ1v) is 11.3. The number of rotatable bonds is 5. The lowest BCUT2D eigenvalue weighted by Crippen LogP contribution is -2.42. The van der Waals surface area contributed by atoms with Crippen LogP contribution in [0.5, 0.6) is 0 Å². The van der Waals surface area contributed by atoms with Gasteiger partial charge in [-0.25, -0.2) is 12.8 Å². The first kappa shape index (κ1) is 20.5. The molecule has 2 aliphatic rings. The van der Waals surface area contributed by atoms with Crippen LogP contribution in [-0.2, 0) is 10.0 Å². The van der Waals surface area contributed by atoms with Crippen molar-refractivity contribution in [3.63, 3.8) is 0 Å². The average Bonchev–Trinajstić information content (AvgIpc) is 3.20. The molecular weight excluding hydrogens is 409 g/mol. The number of carbonyl (C=O) groups is 2. The van der Waals surface area contributed by atoms with Crippen molar-refractivity contribution in [3.8, 4) is 0 Å². The molecule has 0 unspecified atom stereocenters. The van der Waals surface area contributed by atoms with Gasteiger partial charge in [0.1, 0.15) is 10.7 Å². The highest BCUT2D eigenvalue weighted by Gasteiger charge is 2.32. The van der Waals surface area contributed by atoms with Gasteiger partial charge in [-0.15, -0.1) is 0 Å². The topological polar surface area (TPSA) is 86.8 Å². The predicted molar refractivity (Wildman–Crippen MR) is 109 cm³/mol. The fourth-order valence-corrected chi connectivity index (χ4v) is 5.15. The predicted octanol–water partition coefficient (Wildman–Crippen LogP) is 2.71. The molecule has 2 amide bonds. The highest BCUT2D eigenvalue weighted by Crippen LogP contribution is 2.25. The summed E-state index contributed by atoms with van der Waals surface area (Å²) in [5.41, 5.74) is 0.892. The van der Waals surface area contributed by atoms with Crippen molar-refractivity contribution in [3.05, 3.63) is 59.4 Å². The molecule has 2 saturated heterocycles. The number of likely N-dealkylation sites (tertiary alicyclic amines) is 1. The van der Waals surface area contributed by atoms with Crippen molar-refractivity contribution in [2.24, 2.45) is 0 Å². The van der Waals surface area contributed by atoms with Gasteiger partial charge in [0, 0.05) is 43.0 Å². The number of hydrogen-bond donors (Lipinski definition) is 1. The SMILES string of the molecule is O=C(Nc1cccc(C(=O)N2CCCC2)c1)c1ccc(F)c(S(=O)(=O)N2CCC2)c1. The minimum atomic E-state index is -3.96. The Morgan fingerprint density at radius 3 is 2.30 bits per heavy atom. The van der Waals surface area contributed by atoms with Crippen LogP contribution in [0, 0.1) is 5.82 Å². The summed E-state index contributed by atoms with van der Waals surface area (Å²) in [6.45, 7) is 2.13. The van der Waals surface area contributed by atoms with E-state index in [1.165, 1.54) is 10.4 Å². The Kier molecular flexibility index (Phi) is 5.57. The van der Waals surface area contributed by atoms with E-state index in [4.69, 9.17) is 0 Å². The molecular formula is C21H22FN3O4S. The molecule has 2 fully saturated rings. The third-order valence-electron chi connectivity index (χ3n) is 5.39. The van der Waals surface area contributed by atoms with Crippen LogP contribution >= 0.6 is 0 Å². The number of nitrogens with zero attached hydrogens (tertiary/aromatic N) is 2. The van der Waals surface area contributed by atoms with Crippen LogP contribution in [0.2, 0.25) is 0 Å². The molecule has 9 heteroatoms. The first-order chi connectivity index (χ1) is 14.4. The van der Waals surface area contributed by atoms with Gasteiger partial charge in [0.2, 0.25) is 10.0 Å². The number of sulfonamides is 1. The van der Waals surface area contributed by atoms with E-state index in [1.54, 1.807) is 29.2 Å². The Morgan fingerprint density at radius 1 is 0.900 bits per heavy atom. The van der Waals surface area contributed by atoms with E-state index in [0.717, 1.165) is 44.5 Å². The number of anilines is 1. The molecule has 7 nitrogen and oxygen atoms in total. The number of hydrogen-bond acceptors (Lipinski definition) is 4. The quantitative estimate of drug-likeness (QED) is 0.789. The molecule has 2 aromatic rings. The van der Waals surface area contributed by atoms with E-state index in [0.29, 0.717) is 24.3 Å². The zero-order valence-corrected chi connectivity index (χ0v) is 17.1. The number of carbonyl (C=O) groups excluding carboxylic acids is 2. The Bertz CT molecular complexity index is 1090. The van der Waals surface area contributed by atoms with Gasteiger partial charge in [-0.1, -0.05) is 6.07 Å². The minimum absolute atomic E-state index is 0.0202. The van der Waals surface area contributed by atoms with Gasteiger partial charge in [0.25, 0.3) is 11.8 Å². The third kappa shape index (κ3) is 3.95. The Balaban J connectivity index is 1.54. The van der Waals surface area contributed by atoms with E-state index in [1.807, 2.05) is 0 Å². The molecule has 4 rings (SSSR count). The van der Waals surface area contributed by atoms with Crippen molar-refractivity contribution in [2.75, 3.05) is 31.5 Å². The molecule has 0 spiro atoms. The van der Waals surface area contributed by atoms with Crippen LogP contribution in [0.15, 0.2) is 47.4 Å². The molecule has 1 N–H and O–H groups in total. The van der Waals surface area contributed by atoms with Crippen LogP contribution in [0.3, 0.4) is 0 Å². The number of benzene rings is 2. The summed E-state index contributed by atoms with van der Waals surface area (Å²) in [7, 11) is -3.96. The summed E-state index contributed by atoms with van der Waals surface area (Å²) in [5, 5.41) is 2.66. The molecule has 30 heavy (non-hydrogen) atoms. The summed E-state index contributed by atoms with van der Waals surface area (Å²) in [5.74, 6) is -1.56. The maximum absolute atomic E-state index is 14.2. The number of nitrogens with one attached hydrogen (secondary N) is 1. The third-order valence-corrected chi connectivity index (χ3v) is 7.30. The van der Waals surface area contributed by atoms with E-state index in [2.05, 4.69) is 5.32 Å². The van der Waals surface area contributed by atoms with Crippen molar-refractivity contribution >= 4 is 27.5 Å². The van der Waals surface area contributed by atoms with Crippen LogP contribution in [0.1, 0.15) is 40.0 Å². The van der Waals surface area contributed by atoms with Crippen molar-refractivity contribution < 1.29 is 22.4 Å². The molecule has 0 saturated carbocycles. The lowest BCUT2D eigenvalue weighted by molar-refractivity contribution is 0.0792. The summed E-state index contributed by atoms with van der Waals surface area (Å²) in [6, 6.07) is 9.85. The van der Waals surface area contributed by atoms with Crippen LogP contribution in [0.4, 0.5) is 10.1 Å². The smallest absolute Gasteiger partial charge is 0.255 e. The Hall–Kier alpha value is -2.78. The number of halogens is 1. The van der Waals surface area contributed by atoms with Gasteiger partial charge in [-0.2, -0.15) is 4.31 Å². The fourth-order valence-electron chi connectivity index (χ4n) is 3.54. The fraction of sp³-hybridized carbons (Fsp3) is 0.333. The highest BCUT2D eigenvalue weighted by atomic mass is 32.2. The van der Waals surface area contributed by atoms with Gasteiger partial charge >= 0.3 is 0 Å². The van der Waals surface area contributed by atoms with Crippen molar-refractivity contribution in [1.82, 2.24) is 9.21 Å². The lowest BCUT2D eigenvalue weighted by atomic mass is 10.1. The monoisotopic (exact) mass is 431 g/mol. The van der Waals surface area contributed by atoms with E-state index in [9.17, 15) is 22.4 Å². The zero-order chi connectivity index (χ0) is 21.3. The molecule has 0 aliphatic carbocycles. The van der Waals surface area contributed by atoms with Gasteiger partial charge in [0.15, 0.2) is 0 Å². The molecule has 0 aromatic heterocycles. The van der Waals surface area contributed by atoms with Crippen LogP contribution < -0.4 is 5.32 Å². The van der Waals surface area contributed by atoms with E-state index < -0.39 is 26.6 Å². The van der Waals surface area contributed by atoms with E-state index >= 15 is 0 Å². The molecule has 0 atom stereocenters. The largest absolute Gasteiger partial charge is 0.339 e. The lowest BCUT2D eigenvalue weighted by Gasteiger charge is -2.29. The molecule has 158 valence electrons. The van der Waals surface area contributed by atoms with Gasteiger partial charge in [0.05, 0.1) is 0 Å². The molecule has 0 radical (unpaired) electrons. The summed E-state index contributed by atoms with van der Waals surface area (Å²) in [4.78, 5) is 26.5. The normalized spacial score (nSPS) is 16.9. The van der Waals surface area contributed by atoms with Crippen LogP contribution in [0.25, 0.3) is 0 Å². The second kappa shape index (κ2) is 8.16.